The summed E-state index contributed by atoms with van der Waals surface area (Å²) in [5.74, 6) is -0.542. The van der Waals surface area contributed by atoms with E-state index in [-0.39, 0.29) is 35.9 Å². The standard InChI is InChI=1S/C21H22FNO3S/c22-17-7-4-15(5-8-17)19-13-20(19)23-21(24)10-11-27(25,26)18-9-6-14-2-1-3-16(14)12-18/h4-9,12,19-20H,1-3,10-11,13H2,(H,23,24). The van der Waals surface area contributed by atoms with E-state index < -0.39 is 9.84 Å². The van der Waals surface area contributed by atoms with Crippen LogP contribution in [0.15, 0.2) is 47.4 Å². The molecule has 4 nitrogen and oxygen atoms in total. The van der Waals surface area contributed by atoms with Gasteiger partial charge in [0.1, 0.15) is 5.82 Å². The molecule has 2 aromatic rings. The van der Waals surface area contributed by atoms with Crippen LogP contribution in [0, 0.1) is 5.82 Å². The lowest BCUT2D eigenvalue weighted by Crippen LogP contribution is -2.28. The third-order valence-corrected chi connectivity index (χ3v) is 7.18. The molecule has 0 aromatic heterocycles. The molecule has 1 N–H and O–H groups in total. The lowest BCUT2D eigenvalue weighted by atomic mass is 10.1. The molecule has 1 amide bonds. The molecule has 2 aliphatic rings. The van der Waals surface area contributed by atoms with E-state index >= 15 is 0 Å². The Bertz CT molecular complexity index is 969. The minimum Gasteiger partial charge on any atom is -0.353 e. The molecular weight excluding hydrogens is 365 g/mol. The van der Waals surface area contributed by atoms with Crippen molar-refractivity contribution in [3.8, 4) is 0 Å². The fourth-order valence-electron chi connectivity index (χ4n) is 3.80. The predicted molar refractivity (Wildman–Crippen MR) is 101 cm³/mol. The smallest absolute Gasteiger partial charge is 0.221 e. The van der Waals surface area contributed by atoms with E-state index in [0.717, 1.165) is 36.8 Å². The molecule has 0 spiro atoms. The Labute approximate surface area is 158 Å². The van der Waals surface area contributed by atoms with Crippen molar-refractivity contribution >= 4 is 15.7 Å². The molecule has 0 heterocycles. The SMILES string of the molecule is O=C(CCS(=O)(=O)c1ccc2c(c1)CCC2)NC1CC1c1ccc(F)cc1. The first kappa shape index (κ1) is 18.2. The maximum absolute atomic E-state index is 13.0. The summed E-state index contributed by atoms with van der Waals surface area (Å²) in [6, 6.07) is 11.6. The van der Waals surface area contributed by atoms with Gasteiger partial charge < -0.3 is 5.32 Å². The summed E-state index contributed by atoms with van der Waals surface area (Å²) in [5, 5.41) is 2.89. The van der Waals surface area contributed by atoms with Crippen molar-refractivity contribution in [2.75, 3.05) is 5.75 Å². The van der Waals surface area contributed by atoms with Gasteiger partial charge in [-0.3, -0.25) is 4.79 Å². The number of carbonyl (C=O) groups excluding carboxylic acids is 1. The highest BCUT2D eigenvalue weighted by Gasteiger charge is 2.39. The average Bonchev–Trinajstić information content (AvgIpc) is 3.24. The van der Waals surface area contributed by atoms with E-state index in [2.05, 4.69) is 5.32 Å². The second-order valence-electron chi connectivity index (χ2n) is 7.42. The molecule has 2 atom stereocenters. The summed E-state index contributed by atoms with van der Waals surface area (Å²) in [6.45, 7) is 0. The van der Waals surface area contributed by atoms with Crippen molar-refractivity contribution in [2.24, 2.45) is 0 Å². The molecule has 2 unspecified atom stereocenters. The molecule has 2 aromatic carbocycles. The van der Waals surface area contributed by atoms with Crippen LogP contribution in [-0.4, -0.2) is 26.1 Å². The lowest BCUT2D eigenvalue weighted by molar-refractivity contribution is -0.120. The van der Waals surface area contributed by atoms with Gasteiger partial charge in [-0.15, -0.1) is 0 Å². The largest absolute Gasteiger partial charge is 0.353 e. The number of fused-ring (bicyclic) bond motifs is 1. The van der Waals surface area contributed by atoms with Gasteiger partial charge in [-0.1, -0.05) is 18.2 Å². The Morgan fingerprint density at radius 3 is 2.59 bits per heavy atom. The number of hydrogen-bond donors (Lipinski definition) is 1. The van der Waals surface area contributed by atoms with E-state index in [1.54, 1.807) is 24.3 Å². The van der Waals surface area contributed by atoms with Gasteiger partial charge in [0.05, 0.1) is 10.6 Å². The van der Waals surface area contributed by atoms with E-state index in [0.29, 0.717) is 4.90 Å². The maximum Gasteiger partial charge on any atom is 0.221 e. The van der Waals surface area contributed by atoms with E-state index in [4.69, 9.17) is 0 Å². The van der Waals surface area contributed by atoms with Crippen molar-refractivity contribution in [1.29, 1.82) is 0 Å². The highest BCUT2D eigenvalue weighted by Crippen LogP contribution is 2.40. The summed E-state index contributed by atoms with van der Waals surface area (Å²) in [6.07, 6.45) is 3.75. The van der Waals surface area contributed by atoms with Gasteiger partial charge in [0.15, 0.2) is 9.84 Å². The number of aryl methyl sites for hydroxylation is 2. The summed E-state index contributed by atoms with van der Waals surface area (Å²) < 4.78 is 38.1. The Balaban J connectivity index is 1.31. The lowest BCUT2D eigenvalue weighted by Gasteiger charge is -2.08. The minimum absolute atomic E-state index is 0.00524. The number of nitrogens with one attached hydrogen (secondary N) is 1. The number of hydrogen-bond acceptors (Lipinski definition) is 3. The molecule has 0 saturated heterocycles. The molecule has 2 aliphatic carbocycles. The Morgan fingerprint density at radius 2 is 1.81 bits per heavy atom. The Hall–Kier alpha value is -2.21. The molecule has 27 heavy (non-hydrogen) atoms. The van der Waals surface area contributed by atoms with E-state index in [9.17, 15) is 17.6 Å². The van der Waals surface area contributed by atoms with Gasteiger partial charge >= 0.3 is 0 Å². The van der Waals surface area contributed by atoms with Crippen molar-refractivity contribution in [3.63, 3.8) is 0 Å². The van der Waals surface area contributed by atoms with Crippen molar-refractivity contribution in [1.82, 2.24) is 5.32 Å². The summed E-state index contributed by atoms with van der Waals surface area (Å²) in [7, 11) is -3.47. The second kappa shape index (κ2) is 7.08. The van der Waals surface area contributed by atoms with Crippen LogP contribution in [0.1, 0.15) is 41.9 Å². The Kier molecular flexibility index (Phi) is 4.76. The zero-order valence-electron chi connectivity index (χ0n) is 14.9. The van der Waals surface area contributed by atoms with Crippen LogP contribution in [0.2, 0.25) is 0 Å². The van der Waals surface area contributed by atoms with E-state index in [1.807, 2.05) is 6.07 Å². The first-order valence-corrected chi connectivity index (χ1v) is 11.0. The second-order valence-corrected chi connectivity index (χ2v) is 9.53. The van der Waals surface area contributed by atoms with Crippen molar-refractivity contribution in [2.45, 2.75) is 49.0 Å². The van der Waals surface area contributed by atoms with Crippen LogP contribution in [0.4, 0.5) is 4.39 Å². The van der Waals surface area contributed by atoms with Crippen LogP contribution < -0.4 is 5.32 Å². The molecule has 0 radical (unpaired) electrons. The predicted octanol–water partition coefficient (Wildman–Crippen LogP) is 3.15. The fourth-order valence-corrected chi connectivity index (χ4v) is 5.09. The summed E-state index contributed by atoms with van der Waals surface area (Å²) in [5.41, 5.74) is 3.33. The van der Waals surface area contributed by atoms with Crippen LogP contribution >= 0.6 is 0 Å². The number of benzene rings is 2. The van der Waals surface area contributed by atoms with Crippen LogP contribution in [0.3, 0.4) is 0 Å². The number of amides is 1. The van der Waals surface area contributed by atoms with Crippen molar-refractivity contribution in [3.05, 3.63) is 65.0 Å². The molecular formula is C21H22FNO3S. The van der Waals surface area contributed by atoms with Gasteiger partial charge in [0, 0.05) is 18.4 Å². The fraction of sp³-hybridized carbons (Fsp3) is 0.381. The monoisotopic (exact) mass is 387 g/mol. The first-order valence-electron chi connectivity index (χ1n) is 9.32. The van der Waals surface area contributed by atoms with Crippen molar-refractivity contribution < 1.29 is 17.6 Å². The minimum atomic E-state index is -3.47. The number of sulfone groups is 1. The highest BCUT2D eigenvalue weighted by atomic mass is 32.2. The summed E-state index contributed by atoms with van der Waals surface area (Å²) >= 11 is 0. The van der Waals surface area contributed by atoms with Gasteiger partial charge in [-0.25, -0.2) is 12.8 Å². The molecule has 142 valence electrons. The molecule has 0 aliphatic heterocycles. The zero-order chi connectivity index (χ0) is 19.0. The molecule has 4 rings (SSSR count). The highest BCUT2D eigenvalue weighted by molar-refractivity contribution is 7.91. The third-order valence-electron chi connectivity index (χ3n) is 5.46. The van der Waals surface area contributed by atoms with Gasteiger partial charge in [-0.05, 0) is 66.6 Å². The molecule has 6 heteroatoms. The third kappa shape index (κ3) is 4.05. The van der Waals surface area contributed by atoms with E-state index in [1.165, 1.54) is 17.7 Å². The zero-order valence-corrected chi connectivity index (χ0v) is 15.8. The molecule has 0 bridgehead atoms. The summed E-state index contributed by atoms with van der Waals surface area (Å²) in [4.78, 5) is 12.5. The molecule has 1 fully saturated rings. The topological polar surface area (TPSA) is 63.2 Å². The Morgan fingerprint density at radius 1 is 1.07 bits per heavy atom. The van der Waals surface area contributed by atoms with Gasteiger partial charge in [0.2, 0.25) is 5.91 Å². The first-order chi connectivity index (χ1) is 12.9. The number of halogens is 1. The van der Waals surface area contributed by atoms with Gasteiger partial charge in [0.25, 0.3) is 0 Å². The van der Waals surface area contributed by atoms with Crippen LogP contribution in [-0.2, 0) is 27.5 Å². The number of rotatable bonds is 6. The quantitative estimate of drug-likeness (QED) is 0.828. The van der Waals surface area contributed by atoms with Crippen LogP contribution in [0.25, 0.3) is 0 Å². The number of carbonyl (C=O) groups is 1. The van der Waals surface area contributed by atoms with Gasteiger partial charge in [-0.2, -0.15) is 0 Å². The normalized spacial score (nSPS) is 20.9. The average molecular weight is 387 g/mol. The maximum atomic E-state index is 13.0. The molecule has 1 saturated carbocycles. The van der Waals surface area contributed by atoms with Crippen LogP contribution in [0.5, 0.6) is 0 Å².